The number of nitrogens with zero attached hydrogens (tertiary/aromatic N) is 2. The average molecular weight is 239 g/mol. The highest BCUT2D eigenvalue weighted by Gasteiger charge is 2.25. The van der Waals surface area contributed by atoms with Gasteiger partial charge in [-0.05, 0) is 26.3 Å². The predicted molar refractivity (Wildman–Crippen MR) is 69.0 cm³/mol. The lowest BCUT2D eigenvalue weighted by atomic mass is 10.2. The molecule has 4 heteroatoms. The molecule has 0 bridgehead atoms. The summed E-state index contributed by atoms with van der Waals surface area (Å²) in [6.07, 6.45) is 6.65. The van der Waals surface area contributed by atoms with Crippen LogP contribution in [0.15, 0.2) is 0 Å². The van der Waals surface area contributed by atoms with Crippen LogP contribution in [-0.4, -0.2) is 61.5 Å². The molecule has 17 heavy (non-hydrogen) atoms. The number of hydrogen-bond donors (Lipinski definition) is 1. The first-order valence-corrected chi connectivity index (χ1v) is 6.97. The third-order valence-corrected chi connectivity index (χ3v) is 4.05. The van der Waals surface area contributed by atoms with Gasteiger partial charge in [-0.1, -0.05) is 12.8 Å². The molecule has 0 spiro atoms. The lowest BCUT2D eigenvalue weighted by Gasteiger charge is -2.27. The van der Waals surface area contributed by atoms with Gasteiger partial charge in [-0.15, -0.1) is 0 Å². The summed E-state index contributed by atoms with van der Waals surface area (Å²) in [5.74, 6) is 0.251. The Labute approximate surface area is 104 Å². The lowest BCUT2D eigenvalue weighted by Crippen LogP contribution is -2.41. The van der Waals surface area contributed by atoms with Crippen molar-refractivity contribution in [3.8, 4) is 0 Å². The predicted octanol–water partition coefficient (Wildman–Crippen LogP) is 0.683. The van der Waals surface area contributed by atoms with Crippen LogP contribution < -0.4 is 5.32 Å². The van der Waals surface area contributed by atoms with Crippen molar-refractivity contribution in [2.75, 3.05) is 39.8 Å². The summed E-state index contributed by atoms with van der Waals surface area (Å²) in [5, 5.41) is 2.95. The molecule has 1 amide bonds. The summed E-state index contributed by atoms with van der Waals surface area (Å²) < 4.78 is 0. The number of likely N-dealkylation sites (N-methyl/N-ethyl adjacent to an activating group) is 1. The van der Waals surface area contributed by atoms with E-state index in [0.29, 0.717) is 6.54 Å². The van der Waals surface area contributed by atoms with Crippen LogP contribution in [0.25, 0.3) is 0 Å². The first kappa shape index (κ1) is 12.8. The molecule has 2 fully saturated rings. The van der Waals surface area contributed by atoms with Crippen molar-refractivity contribution in [2.45, 2.75) is 38.1 Å². The Balaban J connectivity index is 1.82. The maximum atomic E-state index is 11.8. The number of rotatable bonds is 3. The van der Waals surface area contributed by atoms with E-state index in [9.17, 15) is 4.79 Å². The minimum Gasteiger partial charge on any atom is -0.340 e. The zero-order valence-electron chi connectivity index (χ0n) is 11.0. The van der Waals surface area contributed by atoms with Crippen LogP contribution in [0.4, 0.5) is 0 Å². The number of nitrogens with one attached hydrogen (secondary N) is 1. The van der Waals surface area contributed by atoms with Crippen molar-refractivity contribution in [3.63, 3.8) is 0 Å². The van der Waals surface area contributed by atoms with Gasteiger partial charge >= 0.3 is 0 Å². The molecule has 0 atom stereocenters. The van der Waals surface area contributed by atoms with Crippen molar-refractivity contribution in [1.29, 1.82) is 0 Å². The molecule has 0 aromatic carbocycles. The Hall–Kier alpha value is -0.610. The van der Waals surface area contributed by atoms with E-state index in [4.69, 9.17) is 0 Å². The zero-order chi connectivity index (χ0) is 12.1. The Morgan fingerprint density at radius 1 is 1.12 bits per heavy atom. The molecule has 1 saturated carbocycles. The number of amides is 1. The van der Waals surface area contributed by atoms with E-state index < -0.39 is 0 Å². The van der Waals surface area contributed by atoms with Gasteiger partial charge in [0.25, 0.3) is 0 Å². The monoisotopic (exact) mass is 239 g/mol. The molecular formula is C13H25N3O. The summed E-state index contributed by atoms with van der Waals surface area (Å²) in [4.78, 5) is 16.5. The minimum atomic E-state index is 0.251. The Morgan fingerprint density at radius 2 is 1.88 bits per heavy atom. The molecule has 1 heterocycles. The molecule has 1 saturated heterocycles. The molecule has 0 aromatic heterocycles. The summed E-state index contributed by atoms with van der Waals surface area (Å²) in [6, 6.07) is 0.800. The topological polar surface area (TPSA) is 35.6 Å². The second-order valence-corrected chi connectivity index (χ2v) is 5.24. The molecule has 2 rings (SSSR count). The molecule has 98 valence electrons. The minimum absolute atomic E-state index is 0.251. The van der Waals surface area contributed by atoms with Crippen molar-refractivity contribution in [3.05, 3.63) is 0 Å². The highest BCUT2D eigenvalue weighted by Crippen LogP contribution is 2.24. The molecule has 1 aliphatic heterocycles. The van der Waals surface area contributed by atoms with Crippen LogP contribution in [0.3, 0.4) is 0 Å². The van der Waals surface area contributed by atoms with E-state index in [0.717, 1.165) is 32.1 Å². The SMILES string of the molecule is CNCC(=O)N1CCCN(C2CCCC2)CC1. The van der Waals surface area contributed by atoms with Crippen molar-refractivity contribution in [2.24, 2.45) is 0 Å². The Bertz CT molecular complexity index is 251. The third kappa shape index (κ3) is 3.42. The van der Waals surface area contributed by atoms with Crippen molar-refractivity contribution in [1.82, 2.24) is 15.1 Å². The van der Waals surface area contributed by atoms with Gasteiger partial charge in [-0.2, -0.15) is 0 Å². The maximum absolute atomic E-state index is 11.8. The first-order chi connectivity index (χ1) is 8.31. The smallest absolute Gasteiger partial charge is 0.236 e. The van der Waals surface area contributed by atoms with Gasteiger partial charge < -0.3 is 10.2 Å². The van der Waals surface area contributed by atoms with Gasteiger partial charge in [0.2, 0.25) is 5.91 Å². The number of hydrogen-bond acceptors (Lipinski definition) is 3. The average Bonchev–Trinajstić information content (AvgIpc) is 2.74. The molecule has 0 radical (unpaired) electrons. The summed E-state index contributed by atoms with van der Waals surface area (Å²) in [7, 11) is 1.83. The van der Waals surface area contributed by atoms with Gasteiger partial charge in [-0.3, -0.25) is 9.69 Å². The highest BCUT2D eigenvalue weighted by molar-refractivity contribution is 5.78. The maximum Gasteiger partial charge on any atom is 0.236 e. The Kier molecular flexibility index (Phi) is 4.80. The van der Waals surface area contributed by atoms with Crippen LogP contribution in [0.5, 0.6) is 0 Å². The fourth-order valence-corrected chi connectivity index (χ4v) is 3.08. The van der Waals surface area contributed by atoms with Crippen LogP contribution >= 0.6 is 0 Å². The molecule has 1 aliphatic carbocycles. The summed E-state index contributed by atoms with van der Waals surface area (Å²) in [6.45, 7) is 4.57. The molecular weight excluding hydrogens is 214 g/mol. The standard InChI is InChI=1S/C13H25N3O/c1-14-11-13(17)16-8-4-7-15(9-10-16)12-5-2-3-6-12/h12,14H,2-11H2,1H3. The normalized spacial score (nSPS) is 23.9. The van der Waals surface area contributed by atoms with E-state index >= 15 is 0 Å². The summed E-state index contributed by atoms with van der Waals surface area (Å²) >= 11 is 0. The molecule has 1 N–H and O–H groups in total. The quantitative estimate of drug-likeness (QED) is 0.787. The van der Waals surface area contributed by atoms with Crippen molar-refractivity contribution >= 4 is 5.91 Å². The lowest BCUT2D eigenvalue weighted by molar-refractivity contribution is -0.130. The molecule has 0 unspecified atom stereocenters. The largest absolute Gasteiger partial charge is 0.340 e. The van der Waals surface area contributed by atoms with Crippen LogP contribution in [0, 0.1) is 0 Å². The van der Waals surface area contributed by atoms with E-state index in [1.165, 1.54) is 32.2 Å². The number of carbonyl (C=O) groups excluding carboxylic acids is 1. The van der Waals surface area contributed by atoms with Gasteiger partial charge in [0.15, 0.2) is 0 Å². The number of carbonyl (C=O) groups is 1. The van der Waals surface area contributed by atoms with Crippen molar-refractivity contribution < 1.29 is 4.79 Å². The van der Waals surface area contributed by atoms with Crippen LogP contribution in [0.2, 0.25) is 0 Å². The fourth-order valence-electron chi connectivity index (χ4n) is 3.08. The van der Waals surface area contributed by atoms with Gasteiger partial charge in [0.05, 0.1) is 6.54 Å². The molecule has 0 aromatic rings. The van der Waals surface area contributed by atoms with Crippen LogP contribution in [0.1, 0.15) is 32.1 Å². The second kappa shape index (κ2) is 6.36. The van der Waals surface area contributed by atoms with E-state index in [2.05, 4.69) is 10.2 Å². The van der Waals surface area contributed by atoms with Crippen LogP contribution in [-0.2, 0) is 4.79 Å². The summed E-state index contributed by atoms with van der Waals surface area (Å²) in [5.41, 5.74) is 0. The first-order valence-electron chi connectivity index (χ1n) is 6.97. The van der Waals surface area contributed by atoms with Gasteiger partial charge in [0, 0.05) is 32.2 Å². The van der Waals surface area contributed by atoms with E-state index in [-0.39, 0.29) is 5.91 Å². The zero-order valence-corrected chi connectivity index (χ0v) is 11.0. The van der Waals surface area contributed by atoms with E-state index in [1.807, 2.05) is 11.9 Å². The molecule has 4 nitrogen and oxygen atoms in total. The second-order valence-electron chi connectivity index (χ2n) is 5.24. The fraction of sp³-hybridized carbons (Fsp3) is 0.923. The van der Waals surface area contributed by atoms with E-state index in [1.54, 1.807) is 0 Å². The third-order valence-electron chi connectivity index (χ3n) is 4.05. The van der Waals surface area contributed by atoms with Gasteiger partial charge in [-0.25, -0.2) is 0 Å². The Morgan fingerprint density at radius 3 is 2.59 bits per heavy atom. The molecule has 2 aliphatic rings. The highest BCUT2D eigenvalue weighted by atomic mass is 16.2. The van der Waals surface area contributed by atoms with Gasteiger partial charge in [0.1, 0.15) is 0 Å².